The van der Waals surface area contributed by atoms with Crippen molar-refractivity contribution < 1.29 is 19.5 Å². The van der Waals surface area contributed by atoms with Crippen LogP contribution in [-0.4, -0.2) is 39.9 Å². The molecule has 0 aliphatic carbocycles. The third kappa shape index (κ3) is 6.70. The van der Waals surface area contributed by atoms with Crippen LogP contribution < -0.4 is 5.32 Å². The topological polar surface area (TPSA) is 86.7 Å². The molecule has 148 valence electrons. The van der Waals surface area contributed by atoms with E-state index in [9.17, 15) is 14.4 Å². The highest BCUT2D eigenvalue weighted by atomic mass is 16.4. The summed E-state index contributed by atoms with van der Waals surface area (Å²) in [5.41, 5.74) is 2.21. The van der Waals surface area contributed by atoms with Gasteiger partial charge in [0, 0.05) is 31.5 Å². The average molecular weight is 374 g/mol. The summed E-state index contributed by atoms with van der Waals surface area (Å²) in [5, 5.41) is 11.9. The molecular weight excluding hydrogens is 344 g/mol. The summed E-state index contributed by atoms with van der Waals surface area (Å²) >= 11 is 0. The first-order valence-corrected chi connectivity index (χ1v) is 9.60. The third-order valence-corrected chi connectivity index (χ3v) is 4.89. The van der Waals surface area contributed by atoms with Gasteiger partial charge in [0.1, 0.15) is 0 Å². The Labute approximate surface area is 160 Å². The first-order valence-electron chi connectivity index (χ1n) is 9.60. The predicted molar refractivity (Wildman–Crippen MR) is 103 cm³/mol. The Morgan fingerprint density at radius 1 is 1.26 bits per heavy atom. The Morgan fingerprint density at radius 3 is 2.52 bits per heavy atom. The highest BCUT2D eigenvalue weighted by molar-refractivity contribution is 5.82. The molecule has 2 atom stereocenters. The van der Waals surface area contributed by atoms with E-state index in [1.165, 1.54) is 0 Å². The van der Waals surface area contributed by atoms with Crippen LogP contribution in [0.2, 0.25) is 0 Å². The summed E-state index contributed by atoms with van der Waals surface area (Å²) in [6.45, 7) is 6.52. The number of nitrogens with zero attached hydrogens (tertiary/aromatic N) is 1. The number of carbonyl (C=O) groups excluding carboxylic acids is 2. The van der Waals surface area contributed by atoms with Gasteiger partial charge in [-0.3, -0.25) is 14.4 Å². The molecule has 0 saturated carbocycles. The number of amides is 2. The zero-order chi connectivity index (χ0) is 20.0. The Bertz CT molecular complexity index is 669. The van der Waals surface area contributed by atoms with Crippen molar-refractivity contribution in [1.82, 2.24) is 10.2 Å². The van der Waals surface area contributed by atoms with E-state index in [1.807, 2.05) is 45.0 Å². The lowest BCUT2D eigenvalue weighted by atomic mass is 10.0. The van der Waals surface area contributed by atoms with Crippen molar-refractivity contribution in [3.63, 3.8) is 0 Å². The Kier molecular flexibility index (Phi) is 7.39. The molecule has 6 nitrogen and oxygen atoms in total. The van der Waals surface area contributed by atoms with Crippen LogP contribution in [0.15, 0.2) is 24.3 Å². The van der Waals surface area contributed by atoms with E-state index in [0.29, 0.717) is 31.7 Å². The maximum absolute atomic E-state index is 12.5. The Morgan fingerprint density at radius 2 is 1.93 bits per heavy atom. The molecule has 1 saturated heterocycles. The molecule has 6 heteroatoms. The Balaban J connectivity index is 1.96. The lowest BCUT2D eigenvalue weighted by Crippen LogP contribution is -2.41. The summed E-state index contributed by atoms with van der Waals surface area (Å²) in [6.07, 6.45) is 1.86. The van der Waals surface area contributed by atoms with Gasteiger partial charge in [-0.2, -0.15) is 0 Å². The number of likely N-dealkylation sites (tertiary alicyclic amines) is 1. The van der Waals surface area contributed by atoms with E-state index < -0.39 is 5.97 Å². The number of aliphatic carboxylic acids is 1. The van der Waals surface area contributed by atoms with Crippen LogP contribution in [0.25, 0.3) is 0 Å². The van der Waals surface area contributed by atoms with E-state index in [-0.39, 0.29) is 36.7 Å². The van der Waals surface area contributed by atoms with Crippen molar-refractivity contribution in [3.05, 3.63) is 35.4 Å². The minimum absolute atomic E-state index is 0.0673. The number of carboxylic acid groups (broad SMARTS) is 1. The minimum Gasteiger partial charge on any atom is -0.481 e. The van der Waals surface area contributed by atoms with Crippen molar-refractivity contribution >= 4 is 17.8 Å². The number of hydrogen-bond acceptors (Lipinski definition) is 3. The molecule has 0 radical (unpaired) electrons. The number of nitrogens with one attached hydrogen (secondary N) is 1. The van der Waals surface area contributed by atoms with Gasteiger partial charge >= 0.3 is 5.97 Å². The second-order valence-electron chi connectivity index (χ2n) is 7.90. The number of carboxylic acids is 1. The van der Waals surface area contributed by atoms with Gasteiger partial charge in [-0.05, 0) is 31.2 Å². The van der Waals surface area contributed by atoms with E-state index in [2.05, 4.69) is 5.32 Å². The molecule has 1 aliphatic heterocycles. The van der Waals surface area contributed by atoms with Gasteiger partial charge in [-0.25, -0.2) is 0 Å². The molecule has 0 bridgehead atoms. The molecule has 2 amide bonds. The van der Waals surface area contributed by atoms with Gasteiger partial charge in [0.25, 0.3) is 0 Å². The van der Waals surface area contributed by atoms with Gasteiger partial charge in [0.15, 0.2) is 0 Å². The summed E-state index contributed by atoms with van der Waals surface area (Å²) in [7, 11) is 0. The molecule has 2 N–H and O–H groups in total. The largest absolute Gasteiger partial charge is 0.481 e. The SMILES string of the molecule is Cc1ccc(CN2C(=O)CCC2CC(=O)N[C@@H](CC(=O)O)CC(C)C)cc1. The smallest absolute Gasteiger partial charge is 0.305 e. The molecule has 2 rings (SSSR count). The average Bonchev–Trinajstić information content (AvgIpc) is 2.88. The molecule has 1 aromatic rings. The van der Waals surface area contributed by atoms with Crippen molar-refractivity contribution in [2.45, 2.75) is 71.5 Å². The summed E-state index contributed by atoms with van der Waals surface area (Å²) < 4.78 is 0. The van der Waals surface area contributed by atoms with Crippen LogP contribution in [-0.2, 0) is 20.9 Å². The van der Waals surface area contributed by atoms with E-state index >= 15 is 0 Å². The Hall–Kier alpha value is -2.37. The summed E-state index contributed by atoms with van der Waals surface area (Å²) in [4.78, 5) is 37.6. The highest BCUT2D eigenvalue weighted by Gasteiger charge is 2.32. The normalized spacial score (nSPS) is 18.0. The van der Waals surface area contributed by atoms with Crippen LogP contribution >= 0.6 is 0 Å². The van der Waals surface area contributed by atoms with Crippen molar-refractivity contribution in [2.75, 3.05) is 0 Å². The highest BCUT2D eigenvalue weighted by Crippen LogP contribution is 2.24. The maximum atomic E-state index is 12.5. The van der Waals surface area contributed by atoms with E-state index in [0.717, 1.165) is 11.1 Å². The molecule has 1 heterocycles. The number of benzene rings is 1. The van der Waals surface area contributed by atoms with Crippen LogP contribution in [0, 0.1) is 12.8 Å². The molecule has 1 aromatic carbocycles. The third-order valence-electron chi connectivity index (χ3n) is 4.89. The number of rotatable bonds is 9. The van der Waals surface area contributed by atoms with Gasteiger partial charge in [0.2, 0.25) is 11.8 Å². The standard InChI is InChI=1S/C21H30N2O4/c1-14(2)10-17(11-21(26)27)22-19(24)12-18-8-9-20(25)23(18)13-16-6-4-15(3)5-7-16/h4-7,14,17-18H,8-13H2,1-3H3,(H,22,24)(H,26,27)/t17-,18?/m1/s1. The van der Waals surface area contributed by atoms with Crippen LogP contribution in [0.1, 0.15) is 57.1 Å². The molecule has 0 aromatic heterocycles. The second-order valence-corrected chi connectivity index (χ2v) is 7.90. The van der Waals surface area contributed by atoms with Crippen molar-refractivity contribution in [1.29, 1.82) is 0 Å². The van der Waals surface area contributed by atoms with Crippen molar-refractivity contribution in [2.24, 2.45) is 5.92 Å². The quantitative estimate of drug-likeness (QED) is 0.696. The lowest BCUT2D eigenvalue weighted by molar-refractivity contribution is -0.137. The van der Waals surface area contributed by atoms with Gasteiger partial charge in [-0.15, -0.1) is 0 Å². The lowest BCUT2D eigenvalue weighted by Gasteiger charge is -2.26. The maximum Gasteiger partial charge on any atom is 0.305 e. The molecular formula is C21H30N2O4. The summed E-state index contributed by atoms with van der Waals surface area (Å²) in [5.74, 6) is -0.744. The number of aryl methyl sites for hydroxylation is 1. The molecule has 1 unspecified atom stereocenters. The zero-order valence-electron chi connectivity index (χ0n) is 16.4. The number of carbonyl (C=O) groups is 3. The number of hydrogen-bond donors (Lipinski definition) is 2. The molecule has 1 fully saturated rings. The second kappa shape index (κ2) is 9.53. The fourth-order valence-corrected chi connectivity index (χ4v) is 3.59. The van der Waals surface area contributed by atoms with Gasteiger partial charge < -0.3 is 15.3 Å². The van der Waals surface area contributed by atoms with Gasteiger partial charge in [-0.1, -0.05) is 43.7 Å². The van der Waals surface area contributed by atoms with Crippen molar-refractivity contribution in [3.8, 4) is 0 Å². The van der Waals surface area contributed by atoms with Crippen LogP contribution in [0.4, 0.5) is 0 Å². The molecule has 27 heavy (non-hydrogen) atoms. The van der Waals surface area contributed by atoms with E-state index in [4.69, 9.17) is 5.11 Å². The monoisotopic (exact) mass is 374 g/mol. The fraction of sp³-hybridized carbons (Fsp3) is 0.571. The molecule has 1 aliphatic rings. The summed E-state index contributed by atoms with van der Waals surface area (Å²) in [6, 6.07) is 7.52. The van der Waals surface area contributed by atoms with Gasteiger partial charge in [0.05, 0.1) is 6.42 Å². The first kappa shape index (κ1) is 20.9. The zero-order valence-corrected chi connectivity index (χ0v) is 16.4. The minimum atomic E-state index is -0.919. The molecule has 0 spiro atoms. The van der Waals surface area contributed by atoms with Crippen LogP contribution in [0.3, 0.4) is 0 Å². The van der Waals surface area contributed by atoms with Crippen LogP contribution in [0.5, 0.6) is 0 Å². The predicted octanol–water partition coefficient (Wildman–Crippen LogP) is 2.88. The first-order chi connectivity index (χ1) is 12.7. The van der Waals surface area contributed by atoms with E-state index in [1.54, 1.807) is 4.90 Å². The fourth-order valence-electron chi connectivity index (χ4n) is 3.59.